The number of carbonyl (C=O) groups excluding carboxylic acids is 1. The van der Waals surface area contributed by atoms with Crippen molar-refractivity contribution in [1.82, 2.24) is 0 Å². The lowest BCUT2D eigenvalue weighted by Crippen LogP contribution is -2.34. The predicted molar refractivity (Wildman–Crippen MR) is 80.4 cm³/mol. The number of fused-ring (bicyclic) bond motifs is 1. The Kier molecular flexibility index (Phi) is 4.57. The minimum atomic E-state index is -0.390. The Morgan fingerprint density at radius 2 is 1.77 bits per heavy atom. The summed E-state index contributed by atoms with van der Waals surface area (Å²) in [6.07, 6.45) is 2.33. The fourth-order valence-electron chi connectivity index (χ4n) is 2.76. The van der Waals surface area contributed by atoms with E-state index in [2.05, 4.69) is 0 Å². The molecule has 2 unspecified atom stereocenters. The zero-order chi connectivity index (χ0) is 15.5. The largest absolute Gasteiger partial charge is 0.454 e. The van der Waals surface area contributed by atoms with Crippen LogP contribution in [-0.4, -0.2) is 50.7 Å². The van der Waals surface area contributed by atoms with Gasteiger partial charge in [-0.05, 0) is 18.6 Å². The van der Waals surface area contributed by atoms with Crippen molar-refractivity contribution in [3.63, 3.8) is 0 Å². The fraction of sp³-hybridized carbons (Fsp3) is 0.471. The molecule has 5 heteroatoms. The molecule has 0 aromatic heterocycles. The Labute approximate surface area is 129 Å². The van der Waals surface area contributed by atoms with Crippen LogP contribution in [0.3, 0.4) is 0 Å². The number of methoxy groups -OCH3 is 1. The van der Waals surface area contributed by atoms with Crippen LogP contribution in [0.4, 0.5) is 0 Å². The van der Waals surface area contributed by atoms with E-state index in [9.17, 15) is 4.79 Å². The Hall–Kier alpha value is -1.69. The monoisotopic (exact) mass is 304 g/mol. The van der Waals surface area contributed by atoms with Gasteiger partial charge in [-0.1, -0.05) is 29.8 Å². The summed E-state index contributed by atoms with van der Waals surface area (Å²) >= 11 is 0. The molecular weight excluding hydrogens is 284 g/mol. The van der Waals surface area contributed by atoms with Gasteiger partial charge in [-0.25, -0.2) is 4.79 Å². The molecule has 2 aliphatic heterocycles. The van der Waals surface area contributed by atoms with E-state index < -0.39 is 0 Å². The number of rotatable bonds is 4. The van der Waals surface area contributed by atoms with Crippen LogP contribution in [0.25, 0.3) is 6.08 Å². The highest BCUT2D eigenvalue weighted by Crippen LogP contribution is 2.30. The van der Waals surface area contributed by atoms with E-state index in [1.165, 1.54) is 11.6 Å². The average Bonchev–Trinajstić information content (AvgIpc) is 3.09. The Morgan fingerprint density at radius 1 is 1.14 bits per heavy atom. The van der Waals surface area contributed by atoms with Crippen molar-refractivity contribution in [3.8, 4) is 0 Å². The zero-order valence-electron chi connectivity index (χ0n) is 12.7. The van der Waals surface area contributed by atoms with Crippen LogP contribution in [0.1, 0.15) is 11.1 Å². The molecule has 0 radical (unpaired) electrons. The molecule has 118 valence electrons. The molecule has 1 aromatic carbocycles. The second kappa shape index (κ2) is 6.60. The van der Waals surface area contributed by atoms with Gasteiger partial charge in [-0.15, -0.1) is 0 Å². The lowest BCUT2D eigenvalue weighted by molar-refractivity contribution is -0.147. The van der Waals surface area contributed by atoms with Crippen LogP contribution in [0.15, 0.2) is 30.3 Å². The van der Waals surface area contributed by atoms with Gasteiger partial charge < -0.3 is 18.9 Å². The quantitative estimate of drug-likeness (QED) is 0.626. The van der Waals surface area contributed by atoms with E-state index in [1.807, 2.05) is 31.2 Å². The van der Waals surface area contributed by atoms with Gasteiger partial charge in [0.1, 0.15) is 18.3 Å². The maximum atomic E-state index is 11.9. The van der Waals surface area contributed by atoms with Gasteiger partial charge in [0, 0.05) is 13.2 Å². The maximum Gasteiger partial charge on any atom is 0.331 e. The Morgan fingerprint density at radius 3 is 2.45 bits per heavy atom. The molecule has 2 heterocycles. The van der Waals surface area contributed by atoms with Crippen LogP contribution in [0.5, 0.6) is 0 Å². The van der Waals surface area contributed by atoms with Crippen molar-refractivity contribution in [2.75, 3.05) is 20.3 Å². The van der Waals surface area contributed by atoms with Gasteiger partial charge in [0.05, 0.1) is 13.2 Å². The molecule has 0 saturated carbocycles. The maximum absolute atomic E-state index is 11.9. The first-order valence-corrected chi connectivity index (χ1v) is 7.39. The van der Waals surface area contributed by atoms with Gasteiger partial charge in [0.15, 0.2) is 6.10 Å². The van der Waals surface area contributed by atoms with Crippen LogP contribution in [0.2, 0.25) is 0 Å². The number of ether oxygens (including phenoxy) is 4. The SMILES string of the molecule is COC1CO[C@@H]2C(OC(=O)/C=C/c3ccc(C)cc3)CO[C@H]12. The molecule has 0 N–H and O–H groups in total. The lowest BCUT2D eigenvalue weighted by atomic mass is 10.1. The summed E-state index contributed by atoms with van der Waals surface area (Å²) in [7, 11) is 1.63. The summed E-state index contributed by atoms with van der Waals surface area (Å²) in [5.41, 5.74) is 2.14. The average molecular weight is 304 g/mol. The van der Waals surface area contributed by atoms with Gasteiger partial charge in [-0.3, -0.25) is 0 Å². The molecule has 0 spiro atoms. The molecular formula is C17H20O5. The minimum Gasteiger partial charge on any atom is -0.454 e. The molecule has 0 aliphatic carbocycles. The summed E-state index contributed by atoms with van der Waals surface area (Å²) in [5, 5.41) is 0. The summed E-state index contributed by atoms with van der Waals surface area (Å²) in [5.74, 6) is -0.390. The van der Waals surface area contributed by atoms with Crippen LogP contribution >= 0.6 is 0 Å². The summed E-state index contributed by atoms with van der Waals surface area (Å²) < 4.78 is 22.0. The van der Waals surface area contributed by atoms with Crippen LogP contribution in [-0.2, 0) is 23.7 Å². The Bertz CT molecular complexity index is 551. The number of aryl methyl sites for hydroxylation is 1. The first-order valence-electron chi connectivity index (χ1n) is 7.39. The zero-order valence-corrected chi connectivity index (χ0v) is 12.7. The van der Waals surface area contributed by atoms with Crippen molar-refractivity contribution < 1.29 is 23.7 Å². The molecule has 4 atom stereocenters. The second-order valence-electron chi connectivity index (χ2n) is 5.59. The second-order valence-corrected chi connectivity index (χ2v) is 5.59. The van der Waals surface area contributed by atoms with Crippen molar-refractivity contribution >= 4 is 12.0 Å². The molecule has 0 bridgehead atoms. The smallest absolute Gasteiger partial charge is 0.331 e. The highest BCUT2D eigenvalue weighted by molar-refractivity contribution is 5.87. The topological polar surface area (TPSA) is 54.0 Å². The lowest BCUT2D eigenvalue weighted by Gasteiger charge is -2.15. The van der Waals surface area contributed by atoms with Crippen molar-refractivity contribution in [3.05, 3.63) is 41.5 Å². The van der Waals surface area contributed by atoms with E-state index >= 15 is 0 Å². The van der Waals surface area contributed by atoms with Crippen LogP contribution in [0, 0.1) is 6.92 Å². The molecule has 5 nitrogen and oxygen atoms in total. The molecule has 3 rings (SSSR count). The van der Waals surface area contributed by atoms with E-state index in [1.54, 1.807) is 13.2 Å². The van der Waals surface area contributed by atoms with E-state index in [0.29, 0.717) is 13.2 Å². The van der Waals surface area contributed by atoms with Gasteiger partial charge in [0.25, 0.3) is 0 Å². The molecule has 2 fully saturated rings. The van der Waals surface area contributed by atoms with Gasteiger partial charge in [0.2, 0.25) is 0 Å². The normalized spacial score (nSPS) is 30.6. The third-order valence-electron chi connectivity index (χ3n) is 4.02. The molecule has 22 heavy (non-hydrogen) atoms. The molecule has 2 aliphatic rings. The van der Waals surface area contributed by atoms with E-state index in [0.717, 1.165) is 5.56 Å². The summed E-state index contributed by atoms with van der Waals surface area (Å²) in [4.78, 5) is 11.9. The Balaban J connectivity index is 1.55. The van der Waals surface area contributed by atoms with E-state index in [4.69, 9.17) is 18.9 Å². The number of hydrogen-bond donors (Lipinski definition) is 0. The molecule has 2 saturated heterocycles. The summed E-state index contributed by atoms with van der Waals surface area (Å²) in [6.45, 7) is 2.84. The number of benzene rings is 1. The van der Waals surface area contributed by atoms with E-state index in [-0.39, 0.29) is 30.4 Å². The minimum absolute atomic E-state index is 0.0863. The third-order valence-corrected chi connectivity index (χ3v) is 4.02. The van der Waals surface area contributed by atoms with Crippen molar-refractivity contribution in [2.45, 2.75) is 31.3 Å². The predicted octanol–water partition coefficient (Wildman–Crippen LogP) is 1.73. The fourth-order valence-corrected chi connectivity index (χ4v) is 2.76. The number of carbonyl (C=O) groups is 1. The van der Waals surface area contributed by atoms with Gasteiger partial charge >= 0.3 is 5.97 Å². The first kappa shape index (κ1) is 15.2. The number of hydrogen-bond acceptors (Lipinski definition) is 5. The molecule has 0 amide bonds. The number of esters is 1. The third kappa shape index (κ3) is 3.21. The molecule has 1 aromatic rings. The van der Waals surface area contributed by atoms with Crippen molar-refractivity contribution in [1.29, 1.82) is 0 Å². The first-order chi connectivity index (χ1) is 10.7. The highest BCUT2D eigenvalue weighted by Gasteiger charge is 2.49. The van der Waals surface area contributed by atoms with Crippen LogP contribution < -0.4 is 0 Å². The van der Waals surface area contributed by atoms with Gasteiger partial charge in [-0.2, -0.15) is 0 Å². The standard InChI is InChI=1S/C17H20O5/c1-11-3-5-12(6-4-11)7-8-15(18)22-14-10-21-16-13(19-2)9-20-17(14)16/h3-8,13-14,16-17H,9-10H2,1-2H3/b8-7+/t13?,14?,16-,17-/m1/s1. The summed E-state index contributed by atoms with van der Waals surface area (Å²) in [6, 6.07) is 7.91. The highest BCUT2D eigenvalue weighted by atomic mass is 16.6. The van der Waals surface area contributed by atoms with Crippen molar-refractivity contribution in [2.24, 2.45) is 0 Å².